The standard InChI is InChI=1S/C29H38F2N4O3S/c1-28(2,3)21-7-6-8-22(14-21)29(10-9-25-20(16-29)18-35(4)33-25)32-17-27(36)26(34-39(5,37)38)13-19-11-23(30)15-24(31)12-19/h6-8,11-12,14-15,18,26-27,32,34,36H,9-10,13,16-17H2,1-5H3/t26-,27+,29?/m0/s1. The Morgan fingerprint density at radius 2 is 1.85 bits per heavy atom. The Morgan fingerprint density at radius 3 is 2.49 bits per heavy atom. The zero-order valence-electron chi connectivity index (χ0n) is 23.1. The Kier molecular flexibility index (Phi) is 8.33. The summed E-state index contributed by atoms with van der Waals surface area (Å²) in [6.45, 7) is 6.53. The molecule has 0 saturated carbocycles. The summed E-state index contributed by atoms with van der Waals surface area (Å²) >= 11 is 0. The van der Waals surface area contributed by atoms with E-state index in [4.69, 9.17) is 0 Å². The van der Waals surface area contributed by atoms with Crippen LogP contribution in [0.3, 0.4) is 0 Å². The molecule has 1 unspecified atom stereocenters. The molecule has 0 bridgehead atoms. The summed E-state index contributed by atoms with van der Waals surface area (Å²) in [5.41, 5.74) is 4.09. The second kappa shape index (κ2) is 11.1. The summed E-state index contributed by atoms with van der Waals surface area (Å²) in [6, 6.07) is 10.5. The molecule has 0 spiro atoms. The van der Waals surface area contributed by atoms with Gasteiger partial charge < -0.3 is 10.4 Å². The molecule has 1 heterocycles. The number of sulfonamides is 1. The van der Waals surface area contributed by atoms with E-state index in [0.717, 1.165) is 54.1 Å². The minimum atomic E-state index is -3.71. The molecule has 0 aliphatic heterocycles. The van der Waals surface area contributed by atoms with Crippen molar-refractivity contribution >= 4 is 10.0 Å². The predicted octanol–water partition coefficient (Wildman–Crippen LogP) is 3.49. The SMILES string of the molecule is Cn1cc2c(n1)CCC(NC[C@@H](O)[C@H](Cc1cc(F)cc(F)c1)NS(C)(=O)=O)(c1cccc(C(C)(C)C)c1)C2. The van der Waals surface area contributed by atoms with Gasteiger partial charge in [-0.25, -0.2) is 21.9 Å². The number of benzene rings is 2. The maximum absolute atomic E-state index is 13.8. The highest BCUT2D eigenvalue weighted by atomic mass is 32.2. The normalized spacial score (nSPS) is 19.5. The molecule has 0 saturated heterocycles. The van der Waals surface area contributed by atoms with Gasteiger partial charge >= 0.3 is 0 Å². The first kappa shape index (κ1) is 29.3. The lowest BCUT2D eigenvalue weighted by Gasteiger charge is -2.40. The molecule has 10 heteroatoms. The third-order valence-electron chi connectivity index (χ3n) is 7.41. The third kappa shape index (κ3) is 7.30. The average Bonchev–Trinajstić information content (AvgIpc) is 3.19. The highest BCUT2D eigenvalue weighted by molar-refractivity contribution is 7.88. The molecule has 3 atom stereocenters. The van der Waals surface area contributed by atoms with E-state index < -0.39 is 39.3 Å². The summed E-state index contributed by atoms with van der Waals surface area (Å²) in [5, 5.41) is 19.4. The van der Waals surface area contributed by atoms with Gasteiger partial charge in [-0.15, -0.1) is 0 Å². The van der Waals surface area contributed by atoms with Crippen molar-refractivity contribution in [2.45, 2.75) is 69.6 Å². The first-order valence-corrected chi connectivity index (χ1v) is 15.0. The van der Waals surface area contributed by atoms with Crippen molar-refractivity contribution < 1.29 is 22.3 Å². The smallest absolute Gasteiger partial charge is 0.209 e. The summed E-state index contributed by atoms with van der Waals surface area (Å²) in [5.74, 6) is -1.52. The molecule has 1 aliphatic rings. The lowest BCUT2D eigenvalue weighted by Crippen LogP contribution is -2.54. The second-order valence-corrected chi connectivity index (χ2v) is 13.6. The summed E-state index contributed by atoms with van der Waals surface area (Å²) in [4.78, 5) is 0. The van der Waals surface area contributed by atoms with Gasteiger partial charge in [0.05, 0.1) is 24.1 Å². The Bertz CT molecular complexity index is 1410. The molecule has 0 amide bonds. The van der Waals surface area contributed by atoms with Crippen LogP contribution in [0.25, 0.3) is 0 Å². The van der Waals surface area contributed by atoms with Gasteiger partial charge in [0.15, 0.2) is 0 Å². The topological polar surface area (TPSA) is 96.2 Å². The molecular weight excluding hydrogens is 522 g/mol. The van der Waals surface area contributed by atoms with Gasteiger partial charge in [0.1, 0.15) is 11.6 Å². The molecule has 212 valence electrons. The van der Waals surface area contributed by atoms with Crippen LogP contribution in [0.15, 0.2) is 48.7 Å². The minimum absolute atomic E-state index is 0.0559. The van der Waals surface area contributed by atoms with Crippen LogP contribution in [0.5, 0.6) is 0 Å². The zero-order valence-corrected chi connectivity index (χ0v) is 23.9. The molecule has 7 nitrogen and oxygen atoms in total. The van der Waals surface area contributed by atoms with Crippen LogP contribution in [-0.2, 0) is 47.3 Å². The number of fused-ring (bicyclic) bond motifs is 1. The highest BCUT2D eigenvalue weighted by Gasteiger charge is 2.38. The van der Waals surface area contributed by atoms with Crippen LogP contribution in [0.1, 0.15) is 55.1 Å². The molecule has 39 heavy (non-hydrogen) atoms. The number of aliphatic hydroxyl groups is 1. The lowest BCUT2D eigenvalue weighted by molar-refractivity contribution is 0.117. The van der Waals surface area contributed by atoms with E-state index in [1.165, 1.54) is 5.56 Å². The van der Waals surface area contributed by atoms with E-state index in [1.54, 1.807) is 0 Å². The van der Waals surface area contributed by atoms with Crippen molar-refractivity contribution in [3.05, 3.63) is 88.2 Å². The first-order chi connectivity index (χ1) is 18.1. The Balaban J connectivity index is 1.64. The van der Waals surface area contributed by atoms with Crippen molar-refractivity contribution in [2.24, 2.45) is 7.05 Å². The molecule has 2 aromatic carbocycles. The number of hydrogen-bond acceptors (Lipinski definition) is 5. The molecule has 4 rings (SSSR count). The van der Waals surface area contributed by atoms with E-state index in [0.29, 0.717) is 6.42 Å². The van der Waals surface area contributed by atoms with Crippen LogP contribution in [0, 0.1) is 11.6 Å². The fraction of sp³-hybridized carbons (Fsp3) is 0.483. The quantitative estimate of drug-likeness (QED) is 0.373. The van der Waals surface area contributed by atoms with Crippen LogP contribution in [0.2, 0.25) is 0 Å². The van der Waals surface area contributed by atoms with Crippen LogP contribution < -0.4 is 10.0 Å². The monoisotopic (exact) mass is 560 g/mol. The number of nitrogens with zero attached hydrogens (tertiary/aromatic N) is 2. The van der Waals surface area contributed by atoms with Gasteiger partial charge in [-0.05, 0) is 65.5 Å². The molecule has 3 aromatic rings. The van der Waals surface area contributed by atoms with Crippen molar-refractivity contribution in [3.8, 4) is 0 Å². The maximum Gasteiger partial charge on any atom is 0.209 e. The number of aryl methyl sites for hydroxylation is 2. The summed E-state index contributed by atoms with van der Waals surface area (Å²) in [6.07, 6.45) is 3.88. The summed E-state index contributed by atoms with van der Waals surface area (Å²) in [7, 11) is -1.82. The van der Waals surface area contributed by atoms with E-state index in [-0.39, 0.29) is 23.9 Å². The van der Waals surface area contributed by atoms with Crippen LogP contribution in [-0.4, -0.2) is 48.3 Å². The van der Waals surface area contributed by atoms with E-state index in [1.807, 2.05) is 24.0 Å². The van der Waals surface area contributed by atoms with Crippen molar-refractivity contribution in [1.29, 1.82) is 0 Å². The number of rotatable bonds is 9. The highest BCUT2D eigenvalue weighted by Crippen LogP contribution is 2.38. The Labute approximate surface area is 229 Å². The number of halogens is 2. The maximum atomic E-state index is 13.8. The molecular formula is C29H38F2N4O3S. The first-order valence-electron chi connectivity index (χ1n) is 13.1. The molecule has 3 N–H and O–H groups in total. The summed E-state index contributed by atoms with van der Waals surface area (Å²) < 4.78 is 56.2. The predicted molar refractivity (Wildman–Crippen MR) is 148 cm³/mol. The van der Waals surface area contributed by atoms with E-state index in [2.05, 4.69) is 54.1 Å². The van der Waals surface area contributed by atoms with Gasteiger partial charge in [-0.2, -0.15) is 5.10 Å². The third-order valence-corrected chi connectivity index (χ3v) is 8.14. The largest absolute Gasteiger partial charge is 0.390 e. The van der Waals surface area contributed by atoms with Crippen molar-refractivity contribution in [2.75, 3.05) is 12.8 Å². The number of aromatic nitrogens is 2. The molecule has 1 aliphatic carbocycles. The van der Waals surface area contributed by atoms with Crippen molar-refractivity contribution in [3.63, 3.8) is 0 Å². The average molecular weight is 561 g/mol. The molecule has 1 aromatic heterocycles. The Hall–Kier alpha value is -2.66. The molecule has 0 radical (unpaired) electrons. The van der Waals surface area contributed by atoms with E-state index in [9.17, 15) is 22.3 Å². The van der Waals surface area contributed by atoms with Gasteiger partial charge in [0.25, 0.3) is 0 Å². The van der Waals surface area contributed by atoms with Gasteiger partial charge in [0.2, 0.25) is 10.0 Å². The van der Waals surface area contributed by atoms with Crippen LogP contribution in [0.4, 0.5) is 8.78 Å². The van der Waals surface area contributed by atoms with Crippen LogP contribution >= 0.6 is 0 Å². The Morgan fingerprint density at radius 1 is 1.15 bits per heavy atom. The fourth-order valence-corrected chi connectivity index (χ4v) is 6.22. The molecule has 0 fully saturated rings. The van der Waals surface area contributed by atoms with Gasteiger partial charge in [-0.1, -0.05) is 45.0 Å². The fourth-order valence-electron chi connectivity index (χ4n) is 5.43. The van der Waals surface area contributed by atoms with Gasteiger partial charge in [0, 0.05) is 31.4 Å². The van der Waals surface area contributed by atoms with Crippen molar-refractivity contribution in [1.82, 2.24) is 19.8 Å². The number of hydrogen-bond donors (Lipinski definition) is 3. The van der Waals surface area contributed by atoms with Gasteiger partial charge in [-0.3, -0.25) is 4.68 Å². The minimum Gasteiger partial charge on any atom is -0.390 e. The van der Waals surface area contributed by atoms with E-state index >= 15 is 0 Å². The zero-order chi connectivity index (χ0) is 28.6. The number of aliphatic hydroxyl groups excluding tert-OH is 1. The second-order valence-electron chi connectivity index (χ2n) is 11.8. The number of nitrogens with one attached hydrogen (secondary N) is 2. The lowest BCUT2D eigenvalue weighted by atomic mass is 9.74.